The summed E-state index contributed by atoms with van der Waals surface area (Å²) in [5.74, 6) is 0. The molecule has 0 spiro atoms. The lowest BCUT2D eigenvalue weighted by atomic mass is 10.0. The third-order valence-electron chi connectivity index (χ3n) is 12.3. The van der Waals surface area contributed by atoms with E-state index in [0.717, 1.165) is 0 Å². The van der Waals surface area contributed by atoms with E-state index in [0.29, 0.717) is 0 Å². The fraction of sp³-hybridized carbons (Fsp3) is 0.133. The van der Waals surface area contributed by atoms with Crippen molar-refractivity contribution in [2.45, 2.75) is 27.7 Å². The molecule has 0 aliphatic rings. The van der Waals surface area contributed by atoms with E-state index in [1.807, 2.05) is 30.6 Å². The first kappa shape index (κ1) is 45.8. The minimum Gasteiger partial charge on any atom is -0.194 e. The Hall–Kier alpha value is -7.74. The fourth-order valence-corrected chi connectivity index (χ4v) is 9.77. The minimum atomic E-state index is 1.23. The van der Waals surface area contributed by atoms with Gasteiger partial charge in [-0.15, -0.1) is 18.7 Å². The predicted octanol–water partition coefficient (Wildman–Crippen LogP) is 12.2. The zero-order valence-corrected chi connectivity index (χ0v) is 40.7. The van der Waals surface area contributed by atoms with Crippen molar-refractivity contribution in [2.75, 3.05) is 0 Å². The van der Waals surface area contributed by atoms with E-state index in [4.69, 9.17) is 0 Å². The Morgan fingerprint density at radius 2 is 0.925 bits per heavy atom. The number of fused-ring (bicyclic) bond motifs is 2. The van der Waals surface area contributed by atoms with Gasteiger partial charge in [0.2, 0.25) is 22.4 Å². The molecule has 4 aromatic heterocycles. The number of benzene rings is 7. The molecule has 0 fully saturated rings. The zero-order valence-electron chi connectivity index (χ0n) is 39.9. The van der Waals surface area contributed by atoms with E-state index in [1.165, 1.54) is 87.8 Å². The van der Waals surface area contributed by atoms with Crippen molar-refractivity contribution in [1.82, 2.24) is 9.36 Å². The van der Waals surface area contributed by atoms with Gasteiger partial charge in [0.05, 0.1) is 23.3 Å². The summed E-state index contributed by atoms with van der Waals surface area (Å²) < 4.78 is 14.4. The summed E-state index contributed by atoms with van der Waals surface area (Å²) in [7, 11) is 8.39. The lowest BCUT2D eigenvalue weighted by molar-refractivity contribution is -0.744. The number of aromatic nitrogens is 6. The molecule has 67 heavy (non-hydrogen) atoms. The SMILES string of the molecule is Cc1ccccc1-c1cccc(-c2ccccc2)[n+]1C.Cc1ccccc1-c1sc2ccccc2[n+]1C.Cc1ccccc1-n1cc2ccccc2[n+]1C.Cc1ccccc1-n1ccc[n+]1C. The molecule has 0 unspecified atom stereocenters. The van der Waals surface area contributed by atoms with E-state index in [9.17, 15) is 0 Å². The molecule has 0 saturated carbocycles. The first-order chi connectivity index (χ1) is 32.6. The lowest BCUT2D eigenvalue weighted by Crippen LogP contribution is -2.38. The van der Waals surface area contributed by atoms with Gasteiger partial charge in [-0.1, -0.05) is 127 Å². The van der Waals surface area contributed by atoms with E-state index in [1.54, 1.807) is 0 Å². The fourth-order valence-electron chi connectivity index (χ4n) is 8.53. The molecule has 0 aliphatic heterocycles. The molecule has 0 saturated heterocycles. The van der Waals surface area contributed by atoms with Gasteiger partial charge in [0.1, 0.15) is 30.2 Å². The average molecular weight is 897 g/mol. The van der Waals surface area contributed by atoms with Crippen LogP contribution in [0.1, 0.15) is 22.3 Å². The van der Waals surface area contributed by atoms with Crippen molar-refractivity contribution >= 4 is 32.5 Å². The quantitative estimate of drug-likeness (QED) is 0.154. The summed E-state index contributed by atoms with van der Waals surface area (Å²) >= 11 is 1.85. The molecule has 6 nitrogen and oxygen atoms in total. The number of pyridine rings is 1. The maximum absolute atomic E-state index is 2.28. The van der Waals surface area contributed by atoms with Crippen molar-refractivity contribution in [1.29, 1.82) is 0 Å². The number of nitrogens with zero attached hydrogens (tertiary/aromatic N) is 6. The number of hydrogen-bond donors (Lipinski definition) is 0. The summed E-state index contributed by atoms with van der Waals surface area (Å²) in [4.78, 5) is 0. The van der Waals surface area contributed by atoms with Crippen molar-refractivity contribution in [3.8, 4) is 44.5 Å². The highest BCUT2D eigenvalue weighted by molar-refractivity contribution is 7.21. The molecule has 0 atom stereocenters. The van der Waals surface area contributed by atoms with Crippen LogP contribution in [0.3, 0.4) is 0 Å². The summed E-state index contributed by atoms with van der Waals surface area (Å²) in [6.45, 7) is 8.58. The van der Waals surface area contributed by atoms with Gasteiger partial charge in [-0.25, -0.2) is 0 Å². The molecule has 332 valence electrons. The van der Waals surface area contributed by atoms with Gasteiger partial charge in [0.25, 0.3) is 5.01 Å². The van der Waals surface area contributed by atoms with Gasteiger partial charge in [-0.05, 0) is 105 Å². The molecule has 0 N–H and O–H groups in total. The highest BCUT2D eigenvalue weighted by atomic mass is 32.1. The Bertz CT molecular complexity index is 3290. The Balaban J connectivity index is 0.000000122. The Kier molecular flexibility index (Phi) is 14.4. The van der Waals surface area contributed by atoms with Crippen LogP contribution in [0.2, 0.25) is 0 Å². The molecule has 11 aromatic rings. The second-order valence-corrected chi connectivity index (χ2v) is 17.9. The second kappa shape index (κ2) is 21.0. The number of aryl methyl sites for hydroxylation is 7. The Morgan fingerprint density at radius 3 is 1.52 bits per heavy atom. The molecule has 0 radical (unpaired) electrons. The van der Waals surface area contributed by atoms with Crippen LogP contribution in [0.5, 0.6) is 0 Å². The van der Waals surface area contributed by atoms with Gasteiger partial charge < -0.3 is 0 Å². The summed E-state index contributed by atoms with van der Waals surface area (Å²) in [5, 5.41) is 2.59. The van der Waals surface area contributed by atoms with Crippen molar-refractivity contribution < 1.29 is 18.5 Å². The van der Waals surface area contributed by atoms with Gasteiger partial charge >= 0.3 is 0 Å². The van der Waals surface area contributed by atoms with Crippen LogP contribution >= 0.6 is 11.3 Å². The Labute approximate surface area is 399 Å². The highest BCUT2D eigenvalue weighted by Crippen LogP contribution is 2.30. The topological polar surface area (TPSA) is 25.4 Å². The molecule has 4 heterocycles. The predicted molar refractivity (Wildman–Crippen MR) is 277 cm³/mol. The van der Waals surface area contributed by atoms with E-state index >= 15 is 0 Å². The molecule has 0 amide bonds. The summed E-state index contributed by atoms with van der Waals surface area (Å²) in [6.07, 6.45) is 6.27. The monoisotopic (exact) mass is 896 g/mol. The molecular weight excluding hydrogens is 837 g/mol. The van der Waals surface area contributed by atoms with E-state index < -0.39 is 0 Å². The third kappa shape index (κ3) is 10.2. The number of hydrogen-bond acceptors (Lipinski definition) is 1. The van der Waals surface area contributed by atoms with Crippen molar-refractivity contribution in [2.24, 2.45) is 28.2 Å². The molecule has 0 bridgehead atoms. The van der Waals surface area contributed by atoms with Gasteiger partial charge in [-0.3, -0.25) is 0 Å². The standard InChI is InChI=1S/C19H18N.C15H15N2.C15H14NS.C11H13N2/c1-15-9-6-7-12-17(15)19-14-8-13-18(20(19)2)16-10-4-3-5-11-16;1-12-7-3-5-9-14(12)17-11-13-8-4-6-10-15(13)16(17)2;1-11-7-3-4-8-12(11)15-16(2)13-9-5-6-10-14(13)17-15;1-10-6-3-4-7-11(10)13-9-5-8-12(13)2/h3-14H,1-2H3;3-11H,1-2H3;3-10H,1-2H3;3-9H,1-2H3/q4*+1. The van der Waals surface area contributed by atoms with Gasteiger partial charge in [-0.2, -0.15) is 9.13 Å². The van der Waals surface area contributed by atoms with Gasteiger partial charge in [0.15, 0.2) is 20.3 Å². The first-order valence-electron chi connectivity index (χ1n) is 22.8. The third-order valence-corrected chi connectivity index (χ3v) is 13.6. The molecule has 11 rings (SSSR count). The van der Waals surface area contributed by atoms with Crippen LogP contribution in [0.25, 0.3) is 65.6 Å². The van der Waals surface area contributed by atoms with Crippen LogP contribution in [0.4, 0.5) is 0 Å². The smallest absolute Gasteiger partial charge is 0.194 e. The summed E-state index contributed by atoms with van der Waals surface area (Å²) in [5.41, 5.74) is 16.5. The number of para-hydroxylation sites is 4. The van der Waals surface area contributed by atoms with Crippen LogP contribution in [0.15, 0.2) is 219 Å². The maximum atomic E-state index is 2.28. The highest BCUT2D eigenvalue weighted by Gasteiger charge is 2.20. The van der Waals surface area contributed by atoms with Crippen LogP contribution in [-0.2, 0) is 28.2 Å². The van der Waals surface area contributed by atoms with Crippen LogP contribution < -0.4 is 18.5 Å². The van der Waals surface area contributed by atoms with Crippen LogP contribution in [0, 0.1) is 27.7 Å². The molecule has 7 heteroatoms. The zero-order chi connectivity index (χ0) is 46.9. The van der Waals surface area contributed by atoms with E-state index in [-0.39, 0.29) is 0 Å². The number of thiazole rings is 1. The Morgan fingerprint density at radius 1 is 0.403 bits per heavy atom. The second-order valence-electron chi connectivity index (χ2n) is 16.8. The number of rotatable bonds is 5. The minimum absolute atomic E-state index is 1.23. The maximum Gasteiger partial charge on any atom is 0.270 e. The lowest BCUT2D eigenvalue weighted by Gasteiger charge is -2.07. The van der Waals surface area contributed by atoms with Gasteiger partial charge in [0, 0.05) is 41.5 Å². The van der Waals surface area contributed by atoms with Crippen molar-refractivity contribution in [3.05, 3.63) is 241 Å². The van der Waals surface area contributed by atoms with E-state index in [2.05, 4.69) is 283 Å². The normalized spacial score (nSPS) is 10.7. The van der Waals surface area contributed by atoms with Crippen LogP contribution in [-0.4, -0.2) is 9.36 Å². The average Bonchev–Trinajstić information content (AvgIpc) is 4.04. The van der Waals surface area contributed by atoms with Crippen molar-refractivity contribution in [3.63, 3.8) is 0 Å². The molecule has 7 aromatic carbocycles. The largest absolute Gasteiger partial charge is 0.270 e. The first-order valence-corrected chi connectivity index (χ1v) is 23.6. The molecule has 0 aliphatic carbocycles. The summed E-state index contributed by atoms with van der Waals surface area (Å²) in [6, 6.07) is 69.9. The molecular formula is C60H60N6S+4.